The Hall–Kier alpha value is -3.00. The number of aromatic nitrogens is 5. The van der Waals surface area contributed by atoms with Crippen LogP contribution in [0, 0.1) is 0 Å². The lowest BCUT2D eigenvalue weighted by molar-refractivity contribution is 0.464. The second-order valence-electron chi connectivity index (χ2n) is 4.77. The number of benzene rings is 1. The van der Waals surface area contributed by atoms with Gasteiger partial charge in [-0.15, -0.1) is 11.3 Å². The zero-order valence-electron chi connectivity index (χ0n) is 11.9. The van der Waals surface area contributed by atoms with Gasteiger partial charge in [0.05, 0.1) is 6.20 Å². The molecule has 0 unspecified atom stereocenters. The lowest BCUT2D eigenvalue weighted by Crippen LogP contribution is -2.24. The SMILES string of the molecule is O=c1n(Cc2ncc(-c3ccccc3)o2)nnn1-c1cccs1. The van der Waals surface area contributed by atoms with E-state index in [0.717, 1.165) is 10.6 Å². The van der Waals surface area contributed by atoms with Crippen LogP contribution >= 0.6 is 11.3 Å². The van der Waals surface area contributed by atoms with Crippen LogP contribution < -0.4 is 5.69 Å². The Bertz CT molecular complexity index is 969. The number of hydrogen-bond acceptors (Lipinski definition) is 6. The maximum Gasteiger partial charge on any atom is 0.369 e. The highest BCUT2D eigenvalue weighted by atomic mass is 32.1. The molecule has 1 aromatic carbocycles. The van der Waals surface area contributed by atoms with Gasteiger partial charge in [-0.1, -0.05) is 30.3 Å². The third-order valence-corrected chi connectivity index (χ3v) is 4.09. The molecular formula is C15H11N5O2S. The fourth-order valence-corrected chi connectivity index (χ4v) is 2.82. The summed E-state index contributed by atoms with van der Waals surface area (Å²) >= 11 is 1.42. The molecule has 0 aliphatic rings. The molecule has 0 bridgehead atoms. The van der Waals surface area contributed by atoms with E-state index in [-0.39, 0.29) is 12.2 Å². The molecule has 0 aliphatic heterocycles. The summed E-state index contributed by atoms with van der Waals surface area (Å²) in [4.78, 5) is 16.5. The predicted octanol–water partition coefficient (Wildman–Crippen LogP) is 2.19. The molecule has 3 aromatic heterocycles. The quantitative estimate of drug-likeness (QED) is 0.575. The lowest BCUT2D eigenvalue weighted by atomic mass is 10.2. The summed E-state index contributed by atoms with van der Waals surface area (Å²) in [5.41, 5.74) is 0.604. The third-order valence-electron chi connectivity index (χ3n) is 3.25. The number of tetrazole rings is 1. The van der Waals surface area contributed by atoms with Crippen molar-refractivity contribution in [1.29, 1.82) is 0 Å². The first-order valence-electron chi connectivity index (χ1n) is 6.88. The molecule has 114 valence electrons. The number of hydrogen-bond donors (Lipinski definition) is 0. The summed E-state index contributed by atoms with van der Waals surface area (Å²) in [6.45, 7) is 0.136. The van der Waals surface area contributed by atoms with Gasteiger partial charge in [0.1, 0.15) is 11.5 Å². The van der Waals surface area contributed by atoms with Crippen molar-refractivity contribution in [2.75, 3.05) is 0 Å². The molecular weight excluding hydrogens is 314 g/mol. The van der Waals surface area contributed by atoms with Crippen LogP contribution in [0.25, 0.3) is 16.3 Å². The van der Waals surface area contributed by atoms with Crippen LogP contribution in [0.5, 0.6) is 0 Å². The zero-order chi connectivity index (χ0) is 15.6. The fourth-order valence-electron chi connectivity index (χ4n) is 2.15. The highest BCUT2D eigenvalue weighted by Crippen LogP contribution is 2.19. The van der Waals surface area contributed by atoms with E-state index in [0.29, 0.717) is 11.7 Å². The van der Waals surface area contributed by atoms with Crippen molar-refractivity contribution in [3.63, 3.8) is 0 Å². The van der Waals surface area contributed by atoms with Crippen molar-refractivity contribution in [3.8, 4) is 16.3 Å². The molecule has 4 aromatic rings. The molecule has 3 heterocycles. The molecule has 0 atom stereocenters. The molecule has 0 saturated heterocycles. The molecule has 8 heteroatoms. The maximum absolute atomic E-state index is 12.3. The summed E-state index contributed by atoms with van der Waals surface area (Å²) in [5.74, 6) is 1.06. The normalized spacial score (nSPS) is 11.0. The fraction of sp³-hybridized carbons (Fsp3) is 0.0667. The van der Waals surface area contributed by atoms with Crippen molar-refractivity contribution in [2.24, 2.45) is 0 Å². The zero-order valence-corrected chi connectivity index (χ0v) is 12.7. The Balaban J connectivity index is 1.60. The van der Waals surface area contributed by atoms with Gasteiger partial charge in [-0.3, -0.25) is 0 Å². The van der Waals surface area contributed by atoms with Crippen LogP contribution in [-0.2, 0) is 6.54 Å². The molecule has 0 radical (unpaired) electrons. The van der Waals surface area contributed by atoms with E-state index in [1.807, 2.05) is 47.8 Å². The Labute approximate surface area is 134 Å². The van der Waals surface area contributed by atoms with Crippen LogP contribution in [0.2, 0.25) is 0 Å². The summed E-state index contributed by atoms with van der Waals surface area (Å²) in [5, 5.41) is 10.3. The average molecular weight is 325 g/mol. The molecule has 0 amide bonds. The summed E-state index contributed by atoms with van der Waals surface area (Å²) in [6.07, 6.45) is 1.64. The van der Waals surface area contributed by atoms with Gasteiger partial charge in [0.2, 0.25) is 5.89 Å². The van der Waals surface area contributed by atoms with Gasteiger partial charge in [0.25, 0.3) is 0 Å². The van der Waals surface area contributed by atoms with Crippen LogP contribution in [0.1, 0.15) is 5.89 Å². The summed E-state index contributed by atoms with van der Waals surface area (Å²) < 4.78 is 8.16. The molecule has 7 nitrogen and oxygen atoms in total. The smallest absolute Gasteiger partial charge is 0.369 e. The van der Waals surface area contributed by atoms with E-state index < -0.39 is 0 Å². The molecule has 23 heavy (non-hydrogen) atoms. The number of thiophene rings is 1. The van der Waals surface area contributed by atoms with E-state index in [9.17, 15) is 4.79 Å². The van der Waals surface area contributed by atoms with E-state index in [2.05, 4.69) is 15.4 Å². The topological polar surface area (TPSA) is 78.7 Å². The minimum atomic E-state index is -0.327. The van der Waals surface area contributed by atoms with Crippen LogP contribution in [0.3, 0.4) is 0 Å². The van der Waals surface area contributed by atoms with Crippen molar-refractivity contribution < 1.29 is 4.42 Å². The maximum atomic E-state index is 12.3. The minimum Gasteiger partial charge on any atom is -0.439 e. The second kappa shape index (κ2) is 5.65. The van der Waals surface area contributed by atoms with Gasteiger partial charge < -0.3 is 4.42 Å². The lowest BCUT2D eigenvalue weighted by Gasteiger charge is -1.95. The largest absolute Gasteiger partial charge is 0.439 e. The first-order valence-corrected chi connectivity index (χ1v) is 7.76. The molecule has 0 aliphatic carbocycles. The van der Waals surface area contributed by atoms with E-state index in [1.54, 1.807) is 6.20 Å². The third kappa shape index (κ3) is 2.59. The van der Waals surface area contributed by atoms with Crippen molar-refractivity contribution >= 4 is 11.3 Å². The van der Waals surface area contributed by atoms with Crippen molar-refractivity contribution in [3.05, 3.63) is 70.4 Å². The van der Waals surface area contributed by atoms with Gasteiger partial charge in [0, 0.05) is 5.56 Å². The number of rotatable bonds is 4. The predicted molar refractivity (Wildman–Crippen MR) is 84.5 cm³/mol. The Morgan fingerprint density at radius 2 is 1.96 bits per heavy atom. The van der Waals surface area contributed by atoms with Gasteiger partial charge in [-0.25, -0.2) is 9.78 Å². The highest BCUT2D eigenvalue weighted by Gasteiger charge is 2.13. The number of nitrogens with zero attached hydrogens (tertiary/aromatic N) is 5. The van der Waals surface area contributed by atoms with Gasteiger partial charge >= 0.3 is 5.69 Å². The first-order chi connectivity index (χ1) is 11.3. The molecule has 0 N–H and O–H groups in total. The second-order valence-corrected chi connectivity index (χ2v) is 5.69. The van der Waals surface area contributed by atoms with Crippen molar-refractivity contribution in [2.45, 2.75) is 6.54 Å². The van der Waals surface area contributed by atoms with Crippen molar-refractivity contribution in [1.82, 2.24) is 24.8 Å². The highest BCUT2D eigenvalue weighted by molar-refractivity contribution is 7.12. The van der Waals surface area contributed by atoms with E-state index in [4.69, 9.17) is 4.42 Å². The van der Waals surface area contributed by atoms with Gasteiger partial charge in [0.15, 0.2) is 5.76 Å². The van der Waals surface area contributed by atoms with Crippen LogP contribution in [-0.4, -0.2) is 24.8 Å². The Morgan fingerprint density at radius 3 is 2.74 bits per heavy atom. The summed E-state index contributed by atoms with van der Waals surface area (Å²) in [7, 11) is 0. The molecule has 4 rings (SSSR count). The first kappa shape index (κ1) is 13.6. The monoisotopic (exact) mass is 325 g/mol. The van der Waals surface area contributed by atoms with Gasteiger partial charge in [-0.05, 0) is 27.9 Å². The standard InChI is InChI=1S/C15H11N5O2S/c21-15-19(17-18-20(15)14-7-4-8-23-14)10-13-16-9-12(22-13)11-5-2-1-3-6-11/h1-9H,10H2. The molecule has 0 fully saturated rings. The van der Waals surface area contributed by atoms with E-state index >= 15 is 0 Å². The minimum absolute atomic E-state index is 0.136. The van der Waals surface area contributed by atoms with Crippen LogP contribution in [0.15, 0.2) is 63.3 Å². The summed E-state index contributed by atoms with van der Waals surface area (Å²) in [6, 6.07) is 13.3. The van der Waals surface area contributed by atoms with E-state index in [1.165, 1.54) is 20.7 Å². The molecule has 0 spiro atoms. The Kier molecular flexibility index (Phi) is 3.35. The number of oxazole rings is 1. The average Bonchev–Trinajstić information content (AvgIpc) is 3.31. The Morgan fingerprint density at radius 1 is 1.09 bits per heavy atom. The van der Waals surface area contributed by atoms with Gasteiger partial charge in [-0.2, -0.15) is 9.36 Å². The van der Waals surface area contributed by atoms with Crippen LogP contribution in [0.4, 0.5) is 0 Å². The molecule has 0 saturated carbocycles.